The Labute approximate surface area is 208 Å². The van der Waals surface area contributed by atoms with E-state index in [1.165, 1.54) is 49.9 Å². The molecule has 0 atom stereocenters. The second kappa shape index (κ2) is 12.8. The molecule has 0 amide bonds. The van der Waals surface area contributed by atoms with Gasteiger partial charge in [0, 0.05) is 11.3 Å². The molecule has 0 aliphatic carbocycles. The molecule has 8 nitrogen and oxygen atoms in total. The van der Waals surface area contributed by atoms with Crippen molar-refractivity contribution in [1.82, 2.24) is 30.0 Å². The highest BCUT2D eigenvalue weighted by molar-refractivity contribution is 8.01. The summed E-state index contributed by atoms with van der Waals surface area (Å²) in [7, 11) is 0. The van der Waals surface area contributed by atoms with Crippen molar-refractivity contribution >= 4 is 39.6 Å². The van der Waals surface area contributed by atoms with Crippen molar-refractivity contribution in [2.75, 3.05) is 5.75 Å². The Kier molecular flexibility index (Phi) is 9.20. The fraction of sp³-hybridized carbons (Fsp3) is 0.500. The average molecular weight is 497 g/mol. The number of unbranched alkanes of at least 4 members (excludes halogenated alkanes) is 6. The van der Waals surface area contributed by atoms with Crippen molar-refractivity contribution in [2.24, 2.45) is 10.2 Å². The van der Waals surface area contributed by atoms with Gasteiger partial charge in [0.1, 0.15) is 0 Å². The number of hydrogen-bond donors (Lipinski definition) is 1. The molecule has 10 heteroatoms. The largest absolute Gasteiger partial charge is 0.278 e. The van der Waals surface area contributed by atoms with Crippen LogP contribution in [0.5, 0.6) is 0 Å². The van der Waals surface area contributed by atoms with Gasteiger partial charge in [-0.25, -0.2) is 4.98 Å². The van der Waals surface area contributed by atoms with Crippen molar-refractivity contribution in [3.05, 3.63) is 36.0 Å². The minimum absolute atomic E-state index is 0.564. The van der Waals surface area contributed by atoms with Gasteiger partial charge in [-0.1, -0.05) is 106 Å². The summed E-state index contributed by atoms with van der Waals surface area (Å²) in [5, 5.41) is 26.0. The van der Waals surface area contributed by atoms with Crippen molar-refractivity contribution < 1.29 is 0 Å². The number of aromatic nitrogens is 6. The summed E-state index contributed by atoms with van der Waals surface area (Å²) in [5.41, 5.74) is 3.35. The van der Waals surface area contributed by atoms with Gasteiger partial charge in [0.05, 0.1) is 5.69 Å². The third-order valence-corrected chi connectivity index (χ3v) is 7.54. The van der Waals surface area contributed by atoms with Gasteiger partial charge in [0.2, 0.25) is 5.65 Å². The molecule has 180 valence electrons. The molecule has 3 aromatic heterocycles. The molecule has 0 aliphatic heterocycles. The molecule has 4 rings (SSSR count). The number of nitrogens with zero attached hydrogens (tertiary/aromatic N) is 7. The van der Waals surface area contributed by atoms with E-state index in [1.54, 1.807) is 16.4 Å². The summed E-state index contributed by atoms with van der Waals surface area (Å²) in [5.74, 6) is 1.73. The van der Waals surface area contributed by atoms with Crippen molar-refractivity contribution in [2.45, 2.75) is 76.0 Å². The first-order valence-electron chi connectivity index (χ1n) is 12.2. The molecule has 1 N–H and O–H groups in total. The number of azo groups is 1. The molecule has 0 fully saturated rings. The van der Waals surface area contributed by atoms with Crippen LogP contribution in [0.3, 0.4) is 0 Å². The van der Waals surface area contributed by atoms with E-state index in [9.17, 15) is 0 Å². The highest BCUT2D eigenvalue weighted by atomic mass is 32.2. The van der Waals surface area contributed by atoms with E-state index in [0.29, 0.717) is 16.6 Å². The first-order valence-corrected chi connectivity index (χ1v) is 14.0. The number of rotatable bonds is 14. The predicted molar refractivity (Wildman–Crippen MR) is 140 cm³/mol. The van der Waals surface area contributed by atoms with E-state index < -0.39 is 0 Å². The topological polar surface area (TPSA) is 96.5 Å². The molecule has 0 saturated carbocycles. The maximum Gasteiger partial charge on any atom is 0.252 e. The van der Waals surface area contributed by atoms with Crippen LogP contribution >= 0.6 is 23.1 Å². The normalized spacial score (nSPS) is 11.8. The molecule has 34 heavy (non-hydrogen) atoms. The van der Waals surface area contributed by atoms with E-state index in [4.69, 9.17) is 4.98 Å². The van der Waals surface area contributed by atoms with Gasteiger partial charge in [-0.05, 0) is 19.3 Å². The standard InChI is InChI=1S/C24H32N8S2/c1-3-5-7-8-9-13-17-33-24-29-28-23(34-24)27-26-20-19(16-6-4-2)30-32-22(20)25-21(31-32)18-14-11-10-12-15-18/h10-12,14-15,30H,3-9,13,16-17H2,1-2H3. The van der Waals surface area contributed by atoms with E-state index in [2.05, 4.69) is 44.5 Å². The number of benzene rings is 1. The molecule has 0 bridgehead atoms. The van der Waals surface area contributed by atoms with Crippen LogP contribution in [0.15, 0.2) is 44.9 Å². The molecular weight excluding hydrogens is 464 g/mol. The molecule has 3 heterocycles. The first-order chi connectivity index (χ1) is 16.8. The maximum absolute atomic E-state index is 4.74. The molecule has 0 radical (unpaired) electrons. The Hall–Kier alpha value is -2.59. The number of aryl methyl sites for hydroxylation is 1. The molecule has 4 aromatic rings. The zero-order chi connectivity index (χ0) is 23.6. The number of thioether (sulfide) groups is 1. The number of aromatic amines is 1. The summed E-state index contributed by atoms with van der Waals surface area (Å²) in [6.45, 7) is 4.42. The van der Waals surface area contributed by atoms with Crippen LogP contribution < -0.4 is 0 Å². The Morgan fingerprint density at radius 2 is 1.74 bits per heavy atom. The number of nitrogens with one attached hydrogen (secondary N) is 1. The fourth-order valence-corrected chi connectivity index (χ4v) is 5.37. The third-order valence-electron chi connectivity index (χ3n) is 5.51. The van der Waals surface area contributed by atoms with Crippen LogP contribution in [0.2, 0.25) is 0 Å². The molecule has 0 saturated heterocycles. The summed E-state index contributed by atoms with van der Waals surface area (Å²) in [4.78, 5) is 4.74. The van der Waals surface area contributed by atoms with Crippen LogP contribution in [0.25, 0.3) is 17.0 Å². The lowest BCUT2D eigenvalue weighted by molar-refractivity contribution is 0.627. The van der Waals surface area contributed by atoms with Crippen LogP contribution in [0.4, 0.5) is 10.8 Å². The maximum atomic E-state index is 4.74. The van der Waals surface area contributed by atoms with Gasteiger partial charge in [-0.2, -0.15) is 4.63 Å². The van der Waals surface area contributed by atoms with Crippen LogP contribution in [0, 0.1) is 0 Å². The molecule has 0 unspecified atom stereocenters. The van der Waals surface area contributed by atoms with Crippen LogP contribution in [-0.2, 0) is 6.42 Å². The zero-order valence-corrected chi connectivity index (χ0v) is 21.5. The van der Waals surface area contributed by atoms with Crippen molar-refractivity contribution in [3.63, 3.8) is 0 Å². The summed E-state index contributed by atoms with van der Waals surface area (Å²) in [6.07, 6.45) is 10.8. The monoisotopic (exact) mass is 496 g/mol. The number of hydrogen-bond acceptors (Lipinski definition) is 8. The minimum Gasteiger partial charge on any atom is -0.278 e. The van der Waals surface area contributed by atoms with Crippen LogP contribution in [0.1, 0.15) is 70.9 Å². The lowest BCUT2D eigenvalue weighted by atomic mass is 10.1. The SMILES string of the molecule is CCCCCCCCSc1nnc(N=Nc2c(CCCC)[nH]n3nc(-c4ccccc4)nc23)s1. The Morgan fingerprint density at radius 3 is 2.56 bits per heavy atom. The van der Waals surface area contributed by atoms with Gasteiger partial charge >= 0.3 is 0 Å². The van der Waals surface area contributed by atoms with E-state index in [0.717, 1.165) is 46.3 Å². The smallest absolute Gasteiger partial charge is 0.252 e. The lowest BCUT2D eigenvalue weighted by Crippen LogP contribution is -1.91. The molecule has 0 aliphatic rings. The Balaban J connectivity index is 1.44. The van der Waals surface area contributed by atoms with E-state index >= 15 is 0 Å². The van der Waals surface area contributed by atoms with Crippen molar-refractivity contribution in [1.29, 1.82) is 0 Å². The van der Waals surface area contributed by atoms with Gasteiger partial charge < -0.3 is 0 Å². The van der Waals surface area contributed by atoms with Crippen molar-refractivity contribution in [3.8, 4) is 11.4 Å². The van der Waals surface area contributed by atoms with Gasteiger partial charge in [-0.15, -0.1) is 25.5 Å². The first kappa shape index (κ1) is 24.5. The molecule has 1 aromatic carbocycles. The van der Waals surface area contributed by atoms with E-state index in [1.807, 2.05) is 30.3 Å². The van der Waals surface area contributed by atoms with E-state index in [-0.39, 0.29) is 0 Å². The summed E-state index contributed by atoms with van der Waals surface area (Å²) < 4.78 is 2.64. The second-order valence-electron chi connectivity index (χ2n) is 8.25. The molecule has 0 spiro atoms. The lowest BCUT2D eigenvalue weighted by Gasteiger charge is -1.98. The summed E-state index contributed by atoms with van der Waals surface area (Å²) >= 11 is 3.24. The Morgan fingerprint density at radius 1 is 0.941 bits per heavy atom. The number of H-pyrrole nitrogens is 1. The second-order valence-corrected chi connectivity index (χ2v) is 10.5. The highest BCUT2D eigenvalue weighted by Gasteiger charge is 2.17. The van der Waals surface area contributed by atoms with Gasteiger partial charge in [0.25, 0.3) is 5.13 Å². The quantitative estimate of drug-likeness (QED) is 0.109. The fourth-order valence-electron chi connectivity index (χ4n) is 3.64. The Bertz CT molecular complexity index is 1180. The zero-order valence-electron chi connectivity index (χ0n) is 19.9. The van der Waals surface area contributed by atoms with Crippen LogP contribution in [-0.4, -0.2) is 35.8 Å². The summed E-state index contributed by atoms with van der Waals surface area (Å²) in [6, 6.07) is 9.94. The van der Waals surface area contributed by atoms with Gasteiger partial charge in [0.15, 0.2) is 15.9 Å². The third kappa shape index (κ3) is 6.50. The van der Waals surface area contributed by atoms with Gasteiger partial charge in [-0.3, -0.25) is 5.10 Å². The predicted octanol–water partition coefficient (Wildman–Crippen LogP) is 7.79. The molecular formula is C24H32N8S2. The highest BCUT2D eigenvalue weighted by Crippen LogP contribution is 2.32. The average Bonchev–Trinajstić information content (AvgIpc) is 3.56. The minimum atomic E-state index is 0.564. The number of fused-ring (bicyclic) bond motifs is 1.